The van der Waals surface area contributed by atoms with E-state index in [1.807, 2.05) is 42.5 Å². The zero-order valence-corrected chi connectivity index (χ0v) is 14.5. The van der Waals surface area contributed by atoms with Crippen LogP contribution < -0.4 is 0 Å². The standard InChI is InChI=1S/C18H17Cl2N3O/c19-16-6-7-17(18(20)8-16)15(9-23-13-21-12-22-23)11-24-10-14-4-2-1-3-5-14/h1-8,12-13,15H,9-11H2/t15-/m0/s1. The minimum absolute atomic E-state index is 0.0557. The van der Waals surface area contributed by atoms with Gasteiger partial charge in [-0.1, -0.05) is 59.6 Å². The summed E-state index contributed by atoms with van der Waals surface area (Å²) < 4.78 is 7.70. The zero-order valence-electron chi connectivity index (χ0n) is 13.0. The highest BCUT2D eigenvalue weighted by molar-refractivity contribution is 6.35. The number of rotatable bonds is 7. The number of aromatic nitrogens is 3. The van der Waals surface area contributed by atoms with E-state index in [0.29, 0.717) is 29.8 Å². The van der Waals surface area contributed by atoms with E-state index in [4.69, 9.17) is 27.9 Å². The maximum absolute atomic E-state index is 6.38. The lowest BCUT2D eigenvalue weighted by Gasteiger charge is -2.19. The summed E-state index contributed by atoms with van der Waals surface area (Å²) in [6.07, 6.45) is 3.21. The number of halogens is 2. The van der Waals surface area contributed by atoms with Crippen molar-refractivity contribution in [3.63, 3.8) is 0 Å². The van der Waals surface area contributed by atoms with E-state index in [1.54, 1.807) is 17.1 Å². The Labute approximate surface area is 151 Å². The highest BCUT2D eigenvalue weighted by atomic mass is 35.5. The van der Waals surface area contributed by atoms with Crippen LogP contribution in [-0.2, 0) is 17.9 Å². The largest absolute Gasteiger partial charge is 0.376 e. The van der Waals surface area contributed by atoms with Crippen LogP contribution in [0.4, 0.5) is 0 Å². The first kappa shape index (κ1) is 17.0. The summed E-state index contributed by atoms with van der Waals surface area (Å²) in [6.45, 7) is 1.71. The molecule has 1 atom stereocenters. The molecule has 3 rings (SSSR count). The molecular formula is C18H17Cl2N3O. The van der Waals surface area contributed by atoms with Crippen LogP contribution in [0.3, 0.4) is 0 Å². The van der Waals surface area contributed by atoms with Crippen LogP contribution in [0.1, 0.15) is 17.0 Å². The molecule has 0 N–H and O–H groups in total. The van der Waals surface area contributed by atoms with Gasteiger partial charge < -0.3 is 4.74 Å². The summed E-state index contributed by atoms with van der Waals surface area (Å²) in [4.78, 5) is 3.99. The summed E-state index contributed by atoms with van der Waals surface area (Å²) in [7, 11) is 0. The predicted octanol–water partition coefficient (Wildman–Crippen LogP) is 4.59. The van der Waals surface area contributed by atoms with Crippen molar-refractivity contribution in [2.24, 2.45) is 0 Å². The molecule has 0 fully saturated rings. The van der Waals surface area contributed by atoms with E-state index in [9.17, 15) is 0 Å². The maximum Gasteiger partial charge on any atom is 0.137 e. The topological polar surface area (TPSA) is 39.9 Å². The van der Waals surface area contributed by atoms with E-state index in [2.05, 4.69) is 10.1 Å². The van der Waals surface area contributed by atoms with Gasteiger partial charge in [0.1, 0.15) is 12.7 Å². The maximum atomic E-state index is 6.38. The SMILES string of the molecule is Clc1ccc([C@H](COCc2ccccc2)Cn2cncn2)c(Cl)c1. The molecule has 0 saturated heterocycles. The van der Waals surface area contributed by atoms with Crippen molar-refractivity contribution in [3.05, 3.63) is 82.4 Å². The Morgan fingerprint density at radius 2 is 1.92 bits per heavy atom. The van der Waals surface area contributed by atoms with Gasteiger partial charge in [0.15, 0.2) is 0 Å². The Morgan fingerprint density at radius 3 is 2.62 bits per heavy atom. The molecule has 0 bridgehead atoms. The third-order valence-corrected chi connectivity index (χ3v) is 4.27. The van der Waals surface area contributed by atoms with Crippen LogP contribution in [0, 0.1) is 0 Å². The van der Waals surface area contributed by atoms with Gasteiger partial charge in [-0.05, 0) is 23.3 Å². The fourth-order valence-electron chi connectivity index (χ4n) is 2.52. The average Bonchev–Trinajstić information content (AvgIpc) is 3.08. The molecule has 24 heavy (non-hydrogen) atoms. The molecule has 0 radical (unpaired) electrons. The van der Waals surface area contributed by atoms with Gasteiger partial charge in [-0.2, -0.15) is 5.10 Å². The third kappa shape index (κ3) is 4.57. The zero-order chi connectivity index (χ0) is 16.8. The summed E-state index contributed by atoms with van der Waals surface area (Å²) >= 11 is 12.4. The molecule has 2 aromatic carbocycles. The van der Waals surface area contributed by atoms with Gasteiger partial charge in [0.25, 0.3) is 0 Å². The van der Waals surface area contributed by atoms with Gasteiger partial charge in [-0.3, -0.25) is 4.68 Å². The summed E-state index contributed by atoms with van der Waals surface area (Å²) in [6, 6.07) is 15.6. The number of ether oxygens (including phenoxy) is 1. The minimum Gasteiger partial charge on any atom is -0.376 e. The lowest BCUT2D eigenvalue weighted by molar-refractivity contribution is 0.101. The number of hydrogen-bond acceptors (Lipinski definition) is 3. The number of benzene rings is 2. The predicted molar refractivity (Wildman–Crippen MR) is 95.3 cm³/mol. The van der Waals surface area contributed by atoms with Crippen LogP contribution in [0.2, 0.25) is 10.0 Å². The number of hydrogen-bond donors (Lipinski definition) is 0. The third-order valence-electron chi connectivity index (χ3n) is 3.71. The second kappa shape index (κ2) is 8.29. The van der Waals surface area contributed by atoms with Crippen LogP contribution in [0.15, 0.2) is 61.2 Å². The molecule has 3 aromatic rings. The van der Waals surface area contributed by atoms with Crippen molar-refractivity contribution in [1.29, 1.82) is 0 Å². The van der Waals surface area contributed by atoms with Crippen molar-refractivity contribution in [2.45, 2.75) is 19.1 Å². The van der Waals surface area contributed by atoms with Gasteiger partial charge in [0.2, 0.25) is 0 Å². The van der Waals surface area contributed by atoms with Crippen molar-refractivity contribution in [2.75, 3.05) is 6.61 Å². The molecule has 1 aromatic heterocycles. The summed E-state index contributed by atoms with van der Waals surface area (Å²) in [5.74, 6) is 0.0557. The van der Waals surface area contributed by atoms with E-state index in [1.165, 1.54) is 6.33 Å². The van der Waals surface area contributed by atoms with Gasteiger partial charge in [0.05, 0.1) is 19.8 Å². The molecule has 0 amide bonds. The molecule has 0 saturated carbocycles. The first-order chi connectivity index (χ1) is 11.7. The minimum atomic E-state index is 0.0557. The van der Waals surface area contributed by atoms with Gasteiger partial charge in [0, 0.05) is 16.0 Å². The molecule has 0 unspecified atom stereocenters. The van der Waals surface area contributed by atoms with Crippen LogP contribution >= 0.6 is 23.2 Å². The highest BCUT2D eigenvalue weighted by Crippen LogP contribution is 2.29. The molecule has 0 spiro atoms. The monoisotopic (exact) mass is 361 g/mol. The molecule has 6 heteroatoms. The van der Waals surface area contributed by atoms with E-state index >= 15 is 0 Å². The highest BCUT2D eigenvalue weighted by Gasteiger charge is 2.17. The first-order valence-electron chi connectivity index (χ1n) is 7.61. The Morgan fingerprint density at radius 1 is 1.08 bits per heavy atom. The lowest BCUT2D eigenvalue weighted by Crippen LogP contribution is -2.16. The van der Waals surface area contributed by atoms with Gasteiger partial charge in [-0.15, -0.1) is 0 Å². The van der Waals surface area contributed by atoms with Gasteiger partial charge >= 0.3 is 0 Å². The Balaban J connectivity index is 1.72. The first-order valence-corrected chi connectivity index (χ1v) is 8.37. The molecule has 1 heterocycles. The molecular weight excluding hydrogens is 345 g/mol. The normalized spacial score (nSPS) is 12.2. The Bertz CT molecular complexity index is 763. The molecule has 0 aliphatic rings. The van der Waals surface area contributed by atoms with E-state index < -0.39 is 0 Å². The fraction of sp³-hybridized carbons (Fsp3) is 0.222. The van der Waals surface area contributed by atoms with Crippen molar-refractivity contribution in [1.82, 2.24) is 14.8 Å². The Hall–Kier alpha value is -1.88. The van der Waals surface area contributed by atoms with Crippen LogP contribution in [0.5, 0.6) is 0 Å². The van der Waals surface area contributed by atoms with Gasteiger partial charge in [-0.25, -0.2) is 4.98 Å². The fourth-order valence-corrected chi connectivity index (χ4v) is 3.08. The smallest absolute Gasteiger partial charge is 0.137 e. The molecule has 124 valence electrons. The van der Waals surface area contributed by atoms with Crippen LogP contribution in [-0.4, -0.2) is 21.4 Å². The van der Waals surface area contributed by atoms with Crippen molar-refractivity contribution in [3.8, 4) is 0 Å². The van der Waals surface area contributed by atoms with Crippen LogP contribution in [0.25, 0.3) is 0 Å². The average molecular weight is 362 g/mol. The van der Waals surface area contributed by atoms with E-state index in [0.717, 1.165) is 11.1 Å². The second-order valence-corrected chi connectivity index (χ2v) is 6.32. The molecule has 0 aliphatic carbocycles. The summed E-state index contributed by atoms with van der Waals surface area (Å²) in [5.41, 5.74) is 2.13. The summed E-state index contributed by atoms with van der Waals surface area (Å²) in [5, 5.41) is 5.43. The Kier molecular flexibility index (Phi) is 5.86. The second-order valence-electron chi connectivity index (χ2n) is 5.48. The molecule has 4 nitrogen and oxygen atoms in total. The van der Waals surface area contributed by atoms with E-state index in [-0.39, 0.29) is 5.92 Å². The lowest BCUT2D eigenvalue weighted by atomic mass is 10.00. The van der Waals surface area contributed by atoms with Crippen molar-refractivity contribution >= 4 is 23.2 Å². The molecule has 0 aliphatic heterocycles. The van der Waals surface area contributed by atoms with Crippen molar-refractivity contribution < 1.29 is 4.74 Å². The quantitative estimate of drug-likeness (QED) is 0.617. The number of nitrogens with zero attached hydrogens (tertiary/aromatic N) is 3.